The number of nitrogens with one attached hydrogen (secondary N) is 1. The predicted molar refractivity (Wildman–Crippen MR) is 58.0 cm³/mol. The van der Waals surface area contributed by atoms with Crippen molar-refractivity contribution in [3.05, 3.63) is 35.9 Å². The van der Waals surface area contributed by atoms with Gasteiger partial charge in [0.05, 0.1) is 12.1 Å². The highest BCUT2D eigenvalue weighted by Crippen LogP contribution is 2.14. The lowest BCUT2D eigenvalue weighted by molar-refractivity contribution is 0.0919. The molecule has 2 atom stereocenters. The van der Waals surface area contributed by atoms with Crippen LogP contribution < -0.4 is 5.32 Å². The lowest BCUT2D eigenvalue weighted by Gasteiger charge is -2.08. The van der Waals surface area contributed by atoms with Gasteiger partial charge in [-0.15, -0.1) is 0 Å². The molecule has 1 heterocycles. The van der Waals surface area contributed by atoms with Gasteiger partial charge in [-0.1, -0.05) is 30.3 Å². The van der Waals surface area contributed by atoms with Crippen molar-refractivity contribution in [1.82, 2.24) is 5.32 Å². The van der Waals surface area contributed by atoms with Gasteiger partial charge in [-0.2, -0.15) is 0 Å². The van der Waals surface area contributed by atoms with Crippen LogP contribution in [0.5, 0.6) is 0 Å². The molecule has 1 aliphatic rings. The Hall–Kier alpha value is -1.19. The lowest BCUT2D eigenvalue weighted by Crippen LogP contribution is -2.30. The molecule has 3 nitrogen and oxygen atoms in total. The number of hydrogen-bond donors (Lipinski definition) is 1. The van der Waals surface area contributed by atoms with Crippen LogP contribution in [0, 0.1) is 0 Å². The van der Waals surface area contributed by atoms with Crippen LogP contribution in [0.2, 0.25) is 0 Å². The Morgan fingerprint density at radius 2 is 2.13 bits per heavy atom. The minimum Gasteiger partial charge on any atom is -0.380 e. The van der Waals surface area contributed by atoms with E-state index in [1.807, 2.05) is 30.3 Å². The summed E-state index contributed by atoms with van der Waals surface area (Å²) >= 11 is 0. The van der Waals surface area contributed by atoms with E-state index in [0.717, 1.165) is 18.5 Å². The summed E-state index contributed by atoms with van der Waals surface area (Å²) < 4.78 is 5.21. The predicted octanol–water partition coefficient (Wildman–Crippen LogP) is 1.25. The van der Waals surface area contributed by atoms with Gasteiger partial charge in [-0.25, -0.2) is 0 Å². The second-order valence-corrected chi connectivity index (χ2v) is 3.78. The molecule has 1 saturated heterocycles. The Bertz CT molecular complexity index is 337. The van der Waals surface area contributed by atoms with E-state index >= 15 is 0 Å². The zero-order valence-electron chi connectivity index (χ0n) is 8.77. The molecule has 1 aliphatic heterocycles. The molecule has 0 unspecified atom stereocenters. The Morgan fingerprint density at radius 1 is 1.40 bits per heavy atom. The summed E-state index contributed by atoms with van der Waals surface area (Å²) in [7, 11) is 1.68. The fourth-order valence-electron chi connectivity index (χ4n) is 1.89. The zero-order chi connectivity index (χ0) is 10.7. The van der Waals surface area contributed by atoms with Gasteiger partial charge in [0, 0.05) is 19.2 Å². The van der Waals surface area contributed by atoms with Crippen LogP contribution in [-0.4, -0.2) is 31.6 Å². The van der Waals surface area contributed by atoms with Crippen molar-refractivity contribution in [2.24, 2.45) is 0 Å². The van der Waals surface area contributed by atoms with E-state index < -0.39 is 0 Å². The van der Waals surface area contributed by atoms with Crippen LogP contribution in [0.25, 0.3) is 0 Å². The number of carbonyl (C=O) groups excluding carboxylic acids is 1. The van der Waals surface area contributed by atoms with Gasteiger partial charge in [0.2, 0.25) is 0 Å². The van der Waals surface area contributed by atoms with Gasteiger partial charge >= 0.3 is 0 Å². The molecule has 0 aromatic heterocycles. The van der Waals surface area contributed by atoms with Crippen LogP contribution in [-0.2, 0) is 4.74 Å². The third-order valence-electron chi connectivity index (χ3n) is 2.80. The second kappa shape index (κ2) is 4.55. The third kappa shape index (κ3) is 2.25. The number of rotatable bonds is 3. The van der Waals surface area contributed by atoms with Crippen molar-refractivity contribution in [3.63, 3.8) is 0 Å². The van der Waals surface area contributed by atoms with E-state index in [1.54, 1.807) is 7.11 Å². The SMILES string of the molecule is CO[C@H]1CN[C@@H](C(=O)c2ccccc2)C1. The molecule has 0 amide bonds. The fourth-order valence-corrected chi connectivity index (χ4v) is 1.89. The second-order valence-electron chi connectivity index (χ2n) is 3.78. The number of Topliss-reactive ketones (excluding diaryl/α,β-unsaturated/α-hetero) is 1. The summed E-state index contributed by atoms with van der Waals surface area (Å²) in [4.78, 5) is 12.0. The molecule has 0 bridgehead atoms. The summed E-state index contributed by atoms with van der Waals surface area (Å²) in [6.45, 7) is 0.764. The van der Waals surface area contributed by atoms with E-state index in [2.05, 4.69) is 5.32 Å². The lowest BCUT2D eigenvalue weighted by atomic mass is 10.0. The van der Waals surface area contributed by atoms with Crippen molar-refractivity contribution in [3.8, 4) is 0 Å². The summed E-state index contributed by atoms with van der Waals surface area (Å²) in [6.07, 6.45) is 0.937. The first-order valence-electron chi connectivity index (χ1n) is 5.16. The first kappa shape index (κ1) is 10.3. The smallest absolute Gasteiger partial charge is 0.179 e. The van der Waals surface area contributed by atoms with Gasteiger partial charge in [0.1, 0.15) is 0 Å². The normalized spacial score (nSPS) is 25.4. The molecular weight excluding hydrogens is 190 g/mol. The molecular formula is C12H15NO2. The molecule has 0 saturated carbocycles. The number of ketones is 1. The van der Waals surface area contributed by atoms with Crippen LogP contribution in [0.1, 0.15) is 16.8 Å². The zero-order valence-corrected chi connectivity index (χ0v) is 8.77. The highest BCUT2D eigenvalue weighted by molar-refractivity contribution is 6.00. The first-order chi connectivity index (χ1) is 7.31. The summed E-state index contributed by atoms with van der Waals surface area (Å²) in [5, 5.41) is 3.18. The van der Waals surface area contributed by atoms with Crippen LogP contribution in [0.15, 0.2) is 30.3 Å². The van der Waals surface area contributed by atoms with Gasteiger partial charge in [0.15, 0.2) is 5.78 Å². The molecule has 1 fully saturated rings. The Labute approximate surface area is 89.4 Å². The Morgan fingerprint density at radius 3 is 2.73 bits per heavy atom. The fraction of sp³-hybridized carbons (Fsp3) is 0.417. The van der Waals surface area contributed by atoms with E-state index in [1.165, 1.54) is 0 Å². The maximum absolute atomic E-state index is 12.0. The maximum atomic E-state index is 12.0. The van der Waals surface area contributed by atoms with Crippen LogP contribution in [0.3, 0.4) is 0 Å². The molecule has 1 aromatic carbocycles. The standard InChI is InChI=1S/C12H15NO2/c1-15-10-7-11(13-8-10)12(14)9-5-3-2-4-6-9/h2-6,10-11,13H,7-8H2,1H3/t10-,11-/m1/s1. The molecule has 1 aromatic rings. The Kier molecular flexibility index (Phi) is 3.14. The van der Waals surface area contributed by atoms with Crippen molar-refractivity contribution in [1.29, 1.82) is 0 Å². The molecule has 2 rings (SSSR count). The molecule has 0 radical (unpaired) electrons. The molecule has 1 N–H and O–H groups in total. The summed E-state index contributed by atoms with van der Waals surface area (Å²) in [6, 6.07) is 9.30. The van der Waals surface area contributed by atoms with Crippen molar-refractivity contribution >= 4 is 5.78 Å². The van der Waals surface area contributed by atoms with E-state index in [-0.39, 0.29) is 17.9 Å². The third-order valence-corrected chi connectivity index (χ3v) is 2.80. The van der Waals surface area contributed by atoms with E-state index in [0.29, 0.717) is 0 Å². The molecule has 80 valence electrons. The van der Waals surface area contributed by atoms with Gasteiger partial charge < -0.3 is 10.1 Å². The average Bonchev–Trinajstić information content (AvgIpc) is 2.78. The average molecular weight is 205 g/mol. The molecule has 3 heteroatoms. The van der Waals surface area contributed by atoms with Gasteiger partial charge in [-0.05, 0) is 6.42 Å². The van der Waals surface area contributed by atoms with Crippen molar-refractivity contribution in [2.75, 3.05) is 13.7 Å². The summed E-state index contributed by atoms with van der Waals surface area (Å²) in [5.41, 5.74) is 0.770. The van der Waals surface area contributed by atoms with Crippen LogP contribution in [0.4, 0.5) is 0 Å². The van der Waals surface area contributed by atoms with Gasteiger partial charge in [-0.3, -0.25) is 4.79 Å². The number of hydrogen-bond acceptors (Lipinski definition) is 3. The topological polar surface area (TPSA) is 38.3 Å². The maximum Gasteiger partial charge on any atom is 0.179 e. The quantitative estimate of drug-likeness (QED) is 0.755. The number of carbonyl (C=O) groups is 1. The van der Waals surface area contributed by atoms with E-state index in [4.69, 9.17) is 4.74 Å². The minimum absolute atomic E-state index is 0.0858. The Balaban J connectivity index is 2.04. The van der Waals surface area contributed by atoms with E-state index in [9.17, 15) is 4.79 Å². The van der Waals surface area contributed by atoms with Gasteiger partial charge in [0.25, 0.3) is 0 Å². The number of methoxy groups -OCH3 is 1. The molecule has 0 spiro atoms. The minimum atomic E-state index is -0.0858. The monoisotopic (exact) mass is 205 g/mol. The number of ether oxygens (including phenoxy) is 1. The van der Waals surface area contributed by atoms with Crippen LogP contribution >= 0.6 is 0 Å². The highest BCUT2D eigenvalue weighted by Gasteiger charge is 2.29. The first-order valence-corrected chi connectivity index (χ1v) is 5.16. The molecule has 15 heavy (non-hydrogen) atoms. The largest absolute Gasteiger partial charge is 0.380 e. The number of benzene rings is 1. The summed E-state index contributed by atoms with van der Waals surface area (Å²) in [5.74, 6) is 0.162. The highest BCUT2D eigenvalue weighted by atomic mass is 16.5. The molecule has 0 aliphatic carbocycles. The van der Waals surface area contributed by atoms with Crippen molar-refractivity contribution in [2.45, 2.75) is 18.6 Å². The van der Waals surface area contributed by atoms with Crippen molar-refractivity contribution < 1.29 is 9.53 Å².